The van der Waals surface area contributed by atoms with Crippen LogP contribution in [0.4, 0.5) is 15.3 Å². The number of anilines is 1. The summed E-state index contributed by atoms with van der Waals surface area (Å²) >= 11 is 0. The van der Waals surface area contributed by atoms with Crippen LogP contribution in [0.15, 0.2) is 34.9 Å². The molecule has 2 aliphatic rings. The van der Waals surface area contributed by atoms with Crippen LogP contribution in [0.1, 0.15) is 19.3 Å². The fraction of sp³-hybridized carbons (Fsp3) is 0.412. The first-order chi connectivity index (χ1) is 11.6. The lowest BCUT2D eigenvalue weighted by molar-refractivity contribution is 0.0454. The Bertz CT molecular complexity index is 787. The van der Waals surface area contributed by atoms with E-state index >= 15 is 0 Å². The Morgan fingerprint density at radius 3 is 3.00 bits per heavy atom. The van der Waals surface area contributed by atoms with E-state index in [0.29, 0.717) is 26.1 Å². The SMILES string of the molecule is O=C1NC[C@]2(CCCN(C(=O)Nc3ccc4occc4c3)CC2)O1. The molecule has 2 aliphatic heterocycles. The number of nitrogens with one attached hydrogen (secondary N) is 2. The van der Waals surface area contributed by atoms with E-state index in [4.69, 9.17) is 9.15 Å². The Balaban J connectivity index is 1.41. The highest BCUT2D eigenvalue weighted by atomic mass is 16.6. The normalized spacial score (nSPS) is 23.8. The summed E-state index contributed by atoms with van der Waals surface area (Å²) in [6.07, 6.45) is 3.50. The number of nitrogens with zero attached hydrogens (tertiary/aromatic N) is 1. The molecule has 1 aromatic carbocycles. The highest BCUT2D eigenvalue weighted by molar-refractivity contribution is 5.92. The van der Waals surface area contributed by atoms with Gasteiger partial charge in [0.25, 0.3) is 0 Å². The minimum Gasteiger partial charge on any atom is -0.464 e. The van der Waals surface area contributed by atoms with Crippen molar-refractivity contribution < 1.29 is 18.7 Å². The standard InChI is InChI=1S/C17H19N3O4/c21-15(19-13-2-3-14-12(10-13)4-9-23-14)20-7-1-5-17(6-8-20)11-18-16(22)24-17/h2-4,9-10H,1,5-8,11H2,(H,18,22)(H,19,21)/t17-/m1/s1. The van der Waals surface area contributed by atoms with Crippen molar-refractivity contribution in [1.29, 1.82) is 0 Å². The lowest BCUT2D eigenvalue weighted by atomic mass is 9.95. The van der Waals surface area contributed by atoms with Crippen molar-refractivity contribution in [3.63, 3.8) is 0 Å². The third kappa shape index (κ3) is 2.77. The van der Waals surface area contributed by atoms with Gasteiger partial charge in [-0.05, 0) is 37.1 Å². The van der Waals surface area contributed by atoms with Crippen LogP contribution in [0.2, 0.25) is 0 Å². The number of fused-ring (bicyclic) bond motifs is 1. The highest BCUT2D eigenvalue weighted by Crippen LogP contribution is 2.29. The fourth-order valence-electron chi connectivity index (χ4n) is 3.40. The van der Waals surface area contributed by atoms with Gasteiger partial charge in [0, 0.05) is 30.6 Å². The van der Waals surface area contributed by atoms with Crippen LogP contribution < -0.4 is 10.6 Å². The molecule has 24 heavy (non-hydrogen) atoms. The number of likely N-dealkylation sites (tertiary alicyclic amines) is 1. The van der Waals surface area contributed by atoms with Crippen LogP contribution in [0, 0.1) is 0 Å². The summed E-state index contributed by atoms with van der Waals surface area (Å²) in [5.74, 6) is 0. The molecule has 7 heteroatoms. The average Bonchev–Trinajstić information content (AvgIpc) is 3.10. The molecule has 7 nitrogen and oxygen atoms in total. The molecule has 0 saturated carbocycles. The molecule has 2 fully saturated rings. The van der Waals surface area contributed by atoms with E-state index in [2.05, 4.69) is 10.6 Å². The van der Waals surface area contributed by atoms with E-state index in [1.54, 1.807) is 11.2 Å². The van der Waals surface area contributed by atoms with E-state index in [0.717, 1.165) is 29.5 Å². The number of hydrogen-bond acceptors (Lipinski definition) is 4. The van der Waals surface area contributed by atoms with Crippen LogP contribution in [0.5, 0.6) is 0 Å². The van der Waals surface area contributed by atoms with Crippen LogP contribution in [0.3, 0.4) is 0 Å². The summed E-state index contributed by atoms with van der Waals surface area (Å²) < 4.78 is 10.7. The number of hydrogen-bond donors (Lipinski definition) is 2. The van der Waals surface area contributed by atoms with E-state index in [1.165, 1.54) is 0 Å². The molecule has 3 amide bonds. The number of amides is 3. The van der Waals surface area contributed by atoms with Gasteiger partial charge in [-0.1, -0.05) is 0 Å². The van der Waals surface area contributed by atoms with Gasteiger partial charge >= 0.3 is 12.1 Å². The third-order valence-corrected chi connectivity index (χ3v) is 4.75. The van der Waals surface area contributed by atoms with Crippen LogP contribution in [-0.4, -0.2) is 42.3 Å². The average molecular weight is 329 g/mol. The molecule has 3 heterocycles. The zero-order valence-electron chi connectivity index (χ0n) is 13.2. The van der Waals surface area contributed by atoms with Gasteiger partial charge in [-0.25, -0.2) is 9.59 Å². The molecule has 2 saturated heterocycles. The van der Waals surface area contributed by atoms with Crippen molar-refractivity contribution >= 4 is 28.8 Å². The van der Waals surface area contributed by atoms with Crippen molar-refractivity contribution in [3.8, 4) is 0 Å². The Labute approximate surface area is 138 Å². The highest BCUT2D eigenvalue weighted by Gasteiger charge is 2.41. The van der Waals surface area contributed by atoms with Gasteiger partial charge in [-0.3, -0.25) is 0 Å². The predicted octanol–water partition coefficient (Wildman–Crippen LogP) is 2.93. The first kappa shape index (κ1) is 14.9. The third-order valence-electron chi connectivity index (χ3n) is 4.75. The quantitative estimate of drug-likeness (QED) is 0.842. The van der Waals surface area contributed by atoms with Gasteiger partial charge in [-0.15, -0.1) is 0 Å². The molecular formula is C17H19N3O4. The van der Waals surface area contributed by atoms with Crippen LogP contribution in [-0.2, 0) is 4.74 Å². The smallest absolute Gasteiger partial charge is 0.407 e. The molecule has 1 atom stereocenters. The molecule has 1 spiro atoms. The minimum atomic E-state index is -0.457. The summed E-state index contributed by atoms with van der Waals surface area (Å²) in [6, 6.07) is 7.28. The number of carbonyl (C=O) groups excluding carboxylic acids is 2. The van der Waals surface area contributed by atoms with Crippen molar-refractivity contribution in [3.05, 3.63) is 30.5 Å². The second kappa shape index (κ2) is 5.74. The molecule has 126 valence electrons. The van der Waals surface area contributed by atoms with Crippen molar-refractivity contribution in [1.82, 2.24) is 10.2 Å². The number of benzene rings is 1. The van der Waals surface area contributed by atoms with Gasteiger partial charge in [-0.2, -0.15) is 0 Å². The summed E-state index contributed by atoms with van der Waals surface area (Å²) in [4.78, 5) is 25.6. The summed E-state index contributed by atoms with van der Waals surface area (Å²) in [7, 11) is 0. The Morgan fingerprint density at radius 1 is 1.25 bits per heavy atom. The number of alkyl carbamates (subject to hydrolysis) is 1. The number of carbonyl (C=O) groups is 2. The maximum Gasteiger partial charge on any atom is 0.407 e. The van der Waals surface area contributed by atoms with Crippen molar-refractivity contribution in [2.45, 2.75) is 24.9 Å². The van der Waals surface area contributed by atoms with Gasteiger partial charge in [0.2, 0.25) is 0 Å². The maximum atomic E-state index is 12.5. The summed E-state index contributed by atoms with van der Waals surface area (Å²) in [5.41, 5.74) is 1.07. The van der Waals surface area contributed by atoms with Gasteiger partial charge in [0.15, 0.2) is 0 Å². The second-order valence-corrected chi connectivity index (χ2v) is 6.37. The van der Waals surface area contributed by atoms with E-state index in [-0.39, 0.29) is 12.1 Å². The van der Waals surface area contributed by atoms with E-state index in [1.807, 2.05) is 24.3 Å². The molecule has 0 unspecified atom stereocenters. The molecule has 0 bridgehead atoms. The topological polar surface area (TPSA) is 83.8 Å². The molecule has 2 aromatic rings. The molecule has 0 radical (unpaired) electrons. The predicted molar refractivity (Wildman–Crippen MR) is 87.9 cm³/mol. The largest absolute Gasteiger partial charge is 0.464 e. The van der Waals surface area contributed by atoms with Crippen molar-refractivity contribution in [2.75, 3.05) is 25.0 Å². The Kier molecular flexibility index (Phi) is 3.55. The molecule has 2 N–H and O–H groups in total. The Hall–Kier alpha value is -2.70. The number of urea groups is 1. The van der Waals surface area contributed by atoms with E-state index < -0.39 is 5.60 Å². The van der Waals surface area contributed by atoms with E-state index in [9.17, 15) is 9.59 Å². The number of furan rings is 1. The van der Waals surface area contributed by atoms with Gasteiger partial charge in [0.1, 0.15) is 11.2 Å². The number of rotatable bonds is 1. The van der Waals surface area contributed by atoms with Gasteiger partial charge < -0.3 is 24.7 Å². The Morgan fingerprint density at radius 2 is 2.17 bits per heavy atom. The van der Waals surface area contributed by atoms with Gasteiger partial charge in [0.05, 0.1) is 12.8 Å². The zero-order valence-corrected chi connectivity index (χ0v) is 13.2. The molecular weight excluding hydrogens is 310 g/mol. The zero-order chi connectivity index (χ0) is 16.6. The van der Waals surface area contributed by atoms with Crippen LogP contribution >= 0.6 is 0 Å². The molecule has 4 rings (SSSR count). The van der Waals surface area contributed by atoms with Crippen molar-refractivity contribution in [2.24, 2.45) is 0 Å². The monoisotopic (exact) mass is 329 g/mol. The fourth-order valence-corrected chi connectivity index (χ4v) is 3.40. The lowest BCUT2D eigenvalue weighted by Crippen LogP contribution is -2.38. The maximum absolute atomic E-state index is 12.5. The molecule has 0 aliphatic carbocycles. The molecule has 1 aromatic heterocycles. The first-order valence-electron chi connectivity index (χ1n) is 8.14. The second-order valence-electron chi connectivity index (χ2n) is 6.37. The minimum absolute atomic E-state index is 0.132. The first-order valence-corrected chi connectivity index (χ1v) is 8.14. The number of ether oxygens (including phenoxy) is 1. The lowest BCUT2D eigenvalue weighted by Gasteiger charge is -2.25. The summed E-state index contributed by atoms with van der Waals surface area (Å²) in [5, 5.41) is 6.60. The summed E-state index contributed by atoms with van der Waals surface area (Å²) in [6.45, 7) is 1.74. The van der Waals surface area contributed by atoms with Crippen LogP contribution in [0.25, 0.3) is 11.0 Å².